The Hall–Kier alpha value is -3.27. The largest absolute Gasteiger partial charge is 0.468 e. The zero-order valence-corrected chi connectivity index (χ0v) is 20.0. The van der Waals surface area contributed by atoms with Gasteiger partial charge in [0, 0.05) is 12.3 Å². The second-order valence-electron chi connectivity index (χ2n) is 7.96. The summed E-state index contributed by atoms with van der Waals surface area (Å²) in [5.74, 6) is -0.551. The maximum absolute atomic E-state index is 13.5. The number of H-pyrrole nitrogens is 1. The van der Waals surface area contributed by atoms with Gasteiger partial charge in [-0.15, -0.1) is 0 Å². The molecule has 3 N–H and O–H groups in total. The highest BCUT2D eigenvalue weighted by molar-refractivity contribution is 7.52. The summed E-state index contributed by atoms with van der Waals surface area (Å²) in [5.41, 5.74) is -3.12. The molecule has 35 heavy (non-hydrogen) atoms. The van der Waals surface area contributed by atoms with E-state index in [1.807, 2.05) is 6.07 Å². The minimum absolute atomic E-state index is 0.174. The molecule has 0 amide bonds. The quantitative estimate of drug-likeness (QED) is 0.320. The number of aromatic nitrogens is 2. The molecule has 3 rings (SSSR count). The zero-order chi connectivity index (χ0) is 25.8. The van der Waals surface area contributed by atoms with Crippen molar-refractivity contribution < 1.29 is 33.0 Å². The Bertz CT molecular complexity index is 1260. The summed E-state index contributed by atoms with van der Waals surface area (Å²) in [6, 6.07) is 9.96. The number of aliphatic hydroxyl groups excluding tert-OH is 1. The molecule has 2 aromatic rings. The average molecular weight is 508 g/mol. The number of rotatable bonds is 9. The minimum atomic E-state index is -4.24. The summed E-state index contributed by atoms with van der Waals surface area (Å²) < 4.78 is 35.8. The van der Waals surface area contributed by atoms with Crippen molar-refractivity contribution in [3.05, 3.63) is 63.4 Å². The third-order valence-electron chi connectivity index (χ3n) is 5.41. The van der Waals surface area contributed by atoms with Gasteiger partial charge in [0.25, 0.3) is 5.56 Å². The number of nitrogens with zero attached hydrogens (tertiary/aromatic N) is 2. The molecule has 0 unspecified atom stereocenters. The number of nitrogens with one attached hydrogen (secondary N) is 2. The van der Waals surface area contributed by atoms with Gasteiger partial charge in [0.1, 0.15) is 29.4 Å². The molecule has 1 saturated heterocycles. The van der Waals surface area contributed by atoms with Crippen LogP contribution in [0.3, 0.4) is 0 Å². The Kier molecular flexibility index (Phi) is 7.94. The van der Waals surface area contributed by atoms with E-state index in [0.29, 0.717) is 0 Å². The van der Waals surface area contributed by atoms with Gasteiger partial charge < -0.3 is 19.1 Å². The topological polar surface area (TPSA) is 182 Å². The van der Waals surface area contributed by atoms with E-state index in [0.717, 1.165) is 23.9 Å². The molecule has 6 atom stereocenters. The Balaban J connectivity index is 1.85. The number of carbonyl (C=O) groups excluding carboxylic acids is 1. The van der Waals surface area contributed by atoms with E-state index in [1.54, 1.807) is 18.2 Å². The van der Waals surface area contributed by atoms with Crippen LogP contribution in [0.4, 0.5) is 0 Å². The third kappa shape index (κ3) is 5.70. The van der Waals surface area contributed by atoms with Crippen molar-refractivity contribution in [3.8, 4) is 11.8 Å². The number of nitriles is 1. The Morgan fingerprint density at radius 3 is 2.66 bits per heavy atom. The third-order valence-corrected chi connectivity index (χ3v) is 7.06. The molecule has 13 nitrogen and oxygen atoms in total. The molecule has 1 aliphatic rings. The number of methoxy groups -OCH3 is 1. The van der Waals surface area contributed by atoms with Gasteiger partial charge in [0.2, 0.25) is 0 Å². The lowest BCUT2D eigenvalue weighted by Crippen LogP contribution is -2.41. The summed E-state index contributed by atoms with van der Waals surface area (Å²) in [6.45, 7) is 2.22. The normalized spacial score (nSPS) is 26.3. The Morgan fingerprint density at radius 1 is 1.37 bits per heavy atom. The van der Waals surface area contributed by atoms with Crippen LogP contribution >= 0.6 is 7.75 Å². The molecule has 1 aliphatic heterocycles. The number of aliphatic hydroxyl groups is 1. The van der Waals surface area contributed by atoms with Crippen LogP contribution in [0.5, 0.6) is 5.75 Å². The van der Waals surface area contributed by atoms with Gasteiger partial charge in [-0.05, 0) is 26.0 Å². The molecule has 0 saturated carbocycles. The second-order valence-corrected chi connectivity index (χ2v) is 9.65. The highest BCUT2D eigenvalue weighted by atomic mass is 31.2. The number of ether oxygens (including phenoxy) is 2. The van der Waals surface area contributed by atoms with E-state index in [9.17, 15) is 29.3 Å². The molecular formula is C21H25N4O9P. The first kappa shape index (κ1) is 26.3. The van der Waals surface area contributed by atoms with E-state index in [-0.39, 0.29) is 5.75 Å². The molecule has 2 heterocycles. The number of carbonyl (C=O) groups is 1. The van der Waals surface area contributed by atoms with Crippen LogP contribution in [0.2, 0.25) is 0 Å². The van der Waals surface area contributed by atoms with Crippen molar-refractivity contribution in [3.63, 3.8) is 0 Å². The Labute approximate surface area is 199 Å². The Morgan fingerprint density at radius 2 is 2.06 bits per heavy atom. The van der Waals surface area contributed by atoms with Gasteiger partial charge >= 0.3 is 19.4 Å². The fourth-order valence-electron chi connectivity index (χ4n) is 3.48. The van der Waals surface area contributed by atoms with Gasteiger partial charge in [-0.3, -0.25) is 23.7 Å². The number of aromatic amines is 1. The van der Waals surface area contributed by atoms with E-state index in [1.165, 1.54) is 26.0 Å². The fraction of sp³-hybridized carbons (Fsp3) is 0.429. The molecule has 0 radical (unpaired) electrons. The minimum Gasteiger partial charge on any atom is -0.468 e. The maximum atomic E-state index is 13.5. The summed E-state index contributed by atoms with van der Waals surface area (Å²) in [7, 11) is -3.08. The van der Waals surface area contributed by atoms with Gasteiger partial charge in [-0.25, -0.2) is 9.36 Å². The molecule has 0 aliphatic carbocycles. The summed E-state index contributed by atoms with van der Waals surface area (Å²) in [5, 5.41) is 23.1. The predicted molar refractivity (Wildman–Crippen MR) is 120 cm³/mol. The van der Waals surface area contributed by atoms with Crippen LogP contribution in [0.25, 0.3) is 0 Å². The van der Waals surface area contributed by atoms with Crippen LogP contribution in [-0.2, 0) is 23.4 Å². The fourth-order valence-corrected chi connectivity index (χ4v) is 4.98. The SMILES string of the molecule is COC(=O)[C@H](C)N[P@@](=O)(OC[C@H]1O[C@@H](n2ccc(=O)[nH]c2=O)[C@](C)(C#N)[C@@H]1O)Oc1ccccc1. The summed E-state index contributed by atoms with van der Waals surface area (Å²) in [6.07, 6.45) is -2.87. The van der Waals surface area contributed by atoms with E-state index in [2.05, 4.69) is 14.8 Å². The van der Waals surface area contributed by atoms with Crippen LogP contribution in [0, 0.1) is 16.7 Å². The van der Waals surface area contributed by atoms with Gasteiger partial charge in [-0.2, -0.15) is 10.3 Å². The summed E-state index contributed by atoms with van der Waals surface area (Å²) >= 11 is 0. The highest BCUT2D eigenvalue weighted by Crippen LogP contribution is 2.48. The molecule has 188 valence electrons. The van der Waals surface area contributed by atoms with E-state index in [4.69, 9.17) is 13.8 Å². The van der Waals surface area contributed by atoms with Gasteiger partial charge in [-0.1, -0.05) is 18.2 Å². The van der Waals surface area contributed by atoms with Gasteiger partial charge in [0.15, 0.2) is 6.23 Å². The number of para-hydroxylation sites is 1. The average Bonchev–Trinajstić information content (AvgIpc) is 3.08. The molecular weight excluding hydrogens is 483 g/mol. The number of benzene rings is 1. The van der Waals surface area contributed by atoms with Crippen molar-refractivity contribution >= 4 is 13.7 Å². The van der Waals surface area contributed by atoms with Crippen molar-refractivity contribution in [1.29, 1.82) is 5.26 Å². The van der Waals surface area contributed by atoms with Crippen molar-refractivity contribution in [2.75, 3.05) is 13.7 Å². The predicted octanol–water partition coefficient (Wildman–Crippen LogP) is 0.680. The summed E-state index contributed by atoms with van der Waals surface area (Å²) in [4.78, 5) is 37.6. The number of hydrogen-bond donors (Lipinski definition) is 3. The standard InChI is InChI=1S/C21H25N4O9P/c1-13(18(28)31-3)24-35(30,34-14-7-5-4-6-8-14)32-11-15-17(27)21(2,12-22)19(33-15)25-10-9-16(26)23-20(25)29/h4-10,13,15,17,19,27H,11H2,1-3H3,(H,24,30)(H,23,26,29)/t13-,15+,17+,19+,21+,35+/m0/s1. The molecule has 14 heteroatoms. The van der Waals surface area contributed by atoms with E-state index < -0.39 is 61.5 Å². The highest BCUT2D eigenvalue weighted by Gasteiger charge is 2.55. The van der Waals surface area contributed by atoms with Gasteiger partial charge in [0.05, 0.1) is 19.8 Å². The lowest BCUT2D eigenvalue weighted by Gasteiger charge is -2.26. The smallest absolute Gasteiger partial charge is 0.459 e. The monoisotopic (exact) mass is 508 g/mol. The zero-order valence-electron chi connectivity index (χ0n) is 19.1. The van der Waals surface area contributed by atoms with Crippen LogP contribution in [0.15, 0.2) is 52.2 Å². The molecule has 1 aromatic carbocycles. The maximum Gasteiger partial charge on any atom is 0.459 e. The van der Waals surface area contributed by atoms with Crippen molar-refractivity contribution in [1.82, 2.24) is 14.6 Å². The first-order valence-corrected chi connectivity index (χ1v) is 12.0. The van der Waals surface area contributed by atoms with Crippen LogP contribution in [0.1, 0.15) is 20.1 Å². The van der Waals surface area contributed by atoms with E-state index >= 15 is 0 Å². The molecule has 1 aromatic heterocycles. The number of esters is 1. The lowest BCUT2D eigenvalue weighted by molar-refractivity contribution is -0.142. The lowest BCUT2D eigenvalue weighted by atomic mass is 9.84. The van der Waals surface area contributed by atoms with Crippen LogP contribution in [-0.4, -0.2) is 52.6 Å². The molecule has 0 bridgehead atoms. The second kappa shape index (κ2) is 10.6. The first-order valence-electron chi connectivity index (χ1n) is 10.4. The van der Waals surface area contributed by atoms with Crippen molar-refractivity contribution in [2.24, 2.45) is 5.41 Å². The molecule has 1 fully saturated rings. The first-order chi connectivity index (χ1) is 16.5. The molecule has 0 spiro atoms. The van der Waals surface area contributed by atoms with Crippen LogP contribution < -0.4 is 20.9 Å². The number of hydrogen-bond acceptors (Lipinski definition) is 10. The van der Waals surface area contributed by atoms with Crippen molar-refractivity contribution in [2.45, 2.75) is 38.3 Å².